The highest BCUT2D eigenvalue weighted by atomic mass is 32.3. The first kappa shape index (κ1) is 16.7. The summed E-state index contributed by atoms with van der Waals surface area (Å²) >= 11 is 0. The molecule has 1 aliphatic rings. The zero-order chi connectivity index (χ0) is 14.9. The van der Waals surface area contributed by atoms with Gasteiger partial charge in [-0.1, -0.05) is 0 Å². The fourth-order valence-corrected chi connectivity index (χ4v) is 2.67. The first-order chi connectivity index (χ1) is 8.38. The van der Waals surface area contributed by atoms with Gasteiger partial charge in [-0.25, -0.2) is 16.7 Å². The van der Waals surface area contributed by atoms with Crippen molar-refractivity contribution < 1.29 is 51.1 Å². The van der Waals surface area contributed by atoms with Crippen molar-refractivity contribution in [2.24, 2.45) is 0 Å². The highest BCUT2D eigenvalue weighted by molar-refractivity contribution is 7.82. The molecule has 2 unspecified atom stereocenters. The van der Waals surface area contributed by atoms with Crippen LogP contribution in [0.15, 0.2) is 0 Å². The van der Waals surface area contributed by atoms with Crippen LogP contribution in [-0.4, -0.2) is 59.8 Å². The van der Waals surface area contributed by atoms with E-state index in [0.717, 1.165) is 0 Å². The monoisotopic (exact) mass is 344 g/mol. The summed E-state index contributed by atoms with van der Waals surface area (Å²) in [5, 5.41) is 0. The molecule has 1 heterocycles. The van der Waals surface area contributed by atoms with Gasteiger partial charge < -0.3 is 0 Å². The molecule has 0 saturated carbocycles. The molecule has 0 aromatic carbocycles. The van der Waals surface area contributed by atoms with Gasteiger partial charge in [0.15, 0.2) is 0 Å². The Bertz CT molecular complexity index is 612. The minimum Gasteiger partial charge on any atom is -0.264 e. The summed E-state index contributed by atoms with van der Waals surface area (Å²) < 4.78 is 96.1. The maximum Gasteiger partial charge on any atom is 0.400 e. The number of rotatable bonds is 6. The summed E-state index contributed by atoms with van der Waals surface area (Å²) in [6.07, 6.45) is -3.47. The quantitative estimate of drug-likeness (QED) is 0.490. The topological polar surface area (TPSA) is 180 Å². The molecule has 0 amide bonds. The fraction of sp³-hybridized carbons (Fsp3) is 1.00. The molecule has 19 heavy (non-hydrogen) atoms. The smallest absolute Gasteiger partial charge is 0.264 e. The van der Waals surface area contributed by atoms with Crippen molar-refractivity contribution in [2.45, 2.75) is 12.2 Å². The lowest BCUT2D eigenvalue weighted by Crippen LogP contribution is -2.37. The fourth-order valence-electron chi connectivity index (χ4n) is 1.03. The van der Waals surface area contributed by atoms with Gasteiger partial charge in [-0.05, 0) is 0 Å². The standard InChI is InChI=1S/C4H8O12S3/c5-17(6,7)13-1-3(15-18(8,9)10)4-2-14-19(11,12)16-4/h3-4H,1-2H2,(H,5,6,7)(H,8,9,10). The molecule has 0 radical (unpaired) electrons. The van der Waals surface area contributed by atoms with E-state index in [1.165, 1.54) is 0 Å². The van der Waals surface area contributed by atoms with Crippen LogP contribution in [0.5, 0.6) is 0 Å². The van der Waals surface area contributed by atoms with Crippen LogP contribution in [0.4, 0.5) is 0 Å². The van der Waals surface area contributed by atoms with E-state index in [9.17, 15) is 25.3 Å². The Labute approximate surface area is 108 Å². The van der Waals surface area contributed by atoms with Crippen LogP contribution in [0.2, 0.25) is 0 Å². The van der Waals surface area contributed by atoms with Gasteiger partial charge in [0.1, 0.15) is 12.2 Å². The van der Waals surface area contributed by atoms with Crippen molar-refractivity contribution in [3.63, 3.8) is 0 Å². The van der Waals surface area contributed by atoms with E-state index in [-0.39, 0.29) is 0 Å². The molecule has 0 aromatic rings. The second-order valence-electron chi connectivity index (χ2n) is 3.10. The zero-order valence-electron chi connectivity index (χ0n) is 8.77. The lowest BCUT2D eigenvalue weighted by atomic mass is 10.2. The van der Waals surface area contributed by atoms with E-state index in [2.05, 4.69) is 16.7 Å². The minimum atomic E-state index is -5.05. The van der Waals surface area contributed by atoms with Crippen molar-refractivity contribution in [1.82, 2.24) is 0 Å². The molecule has 0 bridgehead atoms. The van der Waals surface area contributed by atoms with Gasteiger partial charge in [0.2, 0.25) is 0 Å². The normalized spacial score (nSPS) is 25.3. The first-order valence-corrected chi connectivity index (χ1v) is 8.29. The van der Waals surface area contributed by atoms with Crippen molar-refractivity contribution in [3.05, 3.63) is 0 Å². The molecule has 1 saturated heterocycles. The number of hydrogen-bond donors (Lipinski definition) is 2. The predicted molar refractivity (Wildman–Crippen MR) is 53.7 cm³/mol. The van der Waals surface area contributed by atoms with Gasteiger partial charge in [0.25, 0.3) is 0 Å². The molecule has 1 aliphatic heterocycles. The first-order valence-electron chi connectivity index (χ1n) is 4.23. The Morgan fingerprint density at radius 2 is 1.79 bits per heavy atom. The van der Waals surface area contributed by atoms with Crippen LogP contribution >= 0.6 is 0 Å². The minimum absolute atomic E-state index is 0.697. The Kier molecular flexibility index (Phi) is 4.86. The van der Waals surface area contributed by atoms with Crippen molar-refractivity contribution in [3.8, 4) is 0 Å². The summed E-state index contributed by atoms with van der Waals surface area (Å²) in [4.78, 5) is 0. The molecule has 2 atom stereocenters. The van der Waals surface area contributed by atoms with E-state index in [0.29, 0.717) is 0 Å². The van der Waals surface area contributed by atoms with Crippen LogP contribution < -0.4 is 0 Å². The molecule has 1 fully saturated rings. The summed E-state index contributed by atoms with van der Waals surface area (Å²) in [5.41, 5.74) is 0. The Morgan fingerprint density at radius 3 is 2.16 bits per heavy atom. The highest BCUT2D eigenvalue weighted by Gasteiger charge is 2.39. The predicted octanol–water partition coefficient (Wildman–Crippen LogP) is -2.35. The molecule has 2 N–H and O–H groups in total. The molecular formula is C4H8O12S3. The molecule has 114 valence electrons. The highest BCUT2D eigenvalue weighted by Crippen LogP contribution is 2.19. The summed E-state index contributed by atoms with van der Waals surface area (Å²) in [6.45, 7) is -1.83. The lowest BCUT2D eigenvalue weighted by molar-refractivity contribution is 0.0292. The average molecular weight is 344 g/mol. The van der Waals surface area contributed by atoms with Crippen molar-refractivity contribution in [1.29, 1.82) is 0 Å². The Hall–Kier alpha value is -0.390. The third-order valence-corrected chi connectivity index (χ3v) is 3.49. The summed E-state index contributed by atoms with van der Waals surface area (Å²) in [6, 6.07) is 0. The van der Waals surface area contributed by atoms with Crippen LogP contribution in [0.3, 0.4) is 0 Å². The van der Waals surface area contributed by atoms with E-state index >= 15 is 0 Å². The largest absolute Gasteiger partial charge is 0.400 e. The lowest BCUT2D eigenvalue weighted by Gasteiger charge is -2.17. The van der Waals surface area contributed by atoms with E-state index in [1.54, 1.807) is 0 Å². The second-order valence-corrected chi connectivity index (χ2v) is 6.49. The molecule has 0 spiro atoms. The molecule has 12 nitrogen and oxygen atoms in total. The maximum absolute atomic E-state index is 10.8. The molecular weight excluding hydrogens is 336 g/mol. The third kappa shape index (κ3) is 6.54. The van der Waals surface area contributed by atoms with Crippen LogP contribution in [-0.2, 0) is 47.9 Å². The van der Waals surface area contributed by atoms with Crippen molar-refractivity contribution in [2.75, 3.05) is 13.2 Å². The SMILES string of the molecule is O=S(=O)(O)OCC(OS(=O)(=O)O)C1COS(=O)(=O)O1. The Morgan fingerprint density at radius 1 is 1.21 bits per heavy atom. The molecule has 15 heteroatoms. The average Bonchev–Trinajstić information content (AvgIpc) is 2.50. The van der Waals surface area contributed by atoms with Crippen LogP contribution in [0.1, 0.15) is 0 Å². The van der Waals surface area contributed by atoms with E-state index in [4.69, 9.17) is 9.11 Å². The van der Waals surface area contributed by atoms with Gasteiger partial charge in [0, 0.05) is 0 Å². The second kappa shape index (κ2) is 5.54. The number of hydrogen-bond acceptors (Lipinski definition) is 10. The molecule has 1 rings (SSSR count). The third-order valence-electron chi connectivity index (χ3n) is 1.66. The summed E-state index contributed by atoms with van der Waals surface area (Å²) in [7, 11) is -14.4. The van der Waals surface area contributed by atoms with Gasteiger partial charge in [-0.15, -0.1) is 0 Å². The van der Waals surface area contributed by atoms with Crippen LogP contribution in [0.25, 0.3) is 0 Å². The van der Waals surface area contributed by atoms with E-state index < -0.39 is 56.6 Å². The zero-order valence-corrected chi connectivity index (χ0v) is 11.2. The van der Waals surface area contributed by atoms with Gasteiger partial charge in [-0.3, -0.25) is 9.11 Å². The maximum atomic E-state index is 10.8. The van der Waals surface area contributed by atoms with Gasteiger partial charge in [0.05, 0.1) is 13.2 Å². The van der Waals surface area contributed by atoms with E-state index in [1.807, 2.05) is 0 Å². The molecule has 0 aromatic heterocycles. The Balaban J connectivity index is 2.81. The van der Waals surface area contributed by atoms with Crippen LogP contribution in [0, 0.1) is 0 Å². The van der Waals surface area contributed by atoms with Gasteiger partial charge >= 0.3 is 31.2 Å². The summed E-state index contributed by atoms with van der Waals surface area (Å²) in [5.74, 6) is 0. The molecule has 0 aliphatic carbocycles. The van der Waals surface area contributed by atoms with Crippen molar-refractivity contribution >= 4 is 31.2 Å². The van der Waals surface area contributed by atoms with Gasteiger partial charge in [-0.2, -0.15) is 25.3 Å².